The number of benzene rings is 1. The lowest BCUT2D eigenvalue weighted by Gasteiger charge is -2.18. The minimum absolute atomic E-state index is 0.0579. The van der Waals surface area contributed by atoms with Crippen LogP contribution in [0.25, 0.3) is 10.9 Å². The number of hydrogen-bond acceptors (Lipinski definition) is 5. The Labute approximate surface area is 233 Å². The van der Waals surface area contributed by atoms with E-state index in [9.17, 15) is 14.9 Å². The van der Waals surface area contributed by atoms with E-state index in [1.54, 1.807) is 10.6 Å². The van der Waals surface area contributed by atoms with E-state index >= 15 is 0 Å². The van der Waals surface area contributed by atoms with Crippen molar-refractivity contribution in [3.05, 3.63) is 73.6 Å². The molecule has 0 unspecified atom stereocenters. The maximum Gasteiger partial charge on any atom is 0.297 e. The number of allylic oxidation sites excluding steroid dienone is 4. The number of non-ortho nitro benzene ring substituents is 1. The molecule has 0 fully saturated rings. The maximum atomic E-state index is 13.8. The van der Waals surface area contributed by atoms with Crippen molar-refractivity contribution in [2.45, 2.75) is 99.5 Å². The summed E-state index contributed by atoms with van der Waals surface area (Å²) in [7, 11) is 0. The van der Waals surface area contributed by atoms with Gasteiger partial charge in [-0.2, -0.15) is 0 Å². The second-order valence-electron chi connectivity index (χ2n) is 10.6. The van der Waals surface area contributed by atoms with E-state index in [0.717, 1.165) is 37.7 Å². The van der Waals surface area contributed by atoms with E-state index in [0.29, 0.717) is 23.2 Å². The molecule has 0 aliphatic rings. The van der Waals surface area contributed by atoms with Crippen LogP contribution in [-0.2, 0) is 6.54 Å². The predicted molar refractivity (Wildman–Crippen MR) is 161 cm³/mol. The van der Waals surface area contributed by atoms with Crippen LogP contribution in [0.4, 0.5) is 5.69 Å². The minimum atomic E-state index is -0.435. The van der Waals surface area contributed by atoms with Gasteiger partial charge in [0, 0.05) is 24.1 Å². The average molecular weight is 539 g/mol. The molecule has 0 amide bonds. The normalized spacial score (nSPS) is 11.4. The summed E-state index contributed by atoms with van der Waals surface area (Å²) in [6, 6.07) is 4.58. The summed E-state index contributed by atoms with van der Waals surface area (Å²) in [5.41, 5.74) is 3.68. The highest BCUT2D eigenvalue weighted by molar-refractivity contribution is 5.89. The largest absolute Gasteiger partial charge is 0.485 e. The third kappa shape index (κ3) is 10.4. The smallest absolute Gasteiger partial charge is 0.297 e. The van der Waals surface area contributed by atoms with E-state index in [2.05, 4.69) is 33.8 Å². The summed E-state index contributed by atoms with van der Waals surface area (Å²) < 4.78 is 13.8. The van der Waals surface area contributed by atoms with Gasteiger partial charge in [0.1, 0.15) is 13.2 Å². The Hall–Kier alpha value is -3.35. The van der Waals surface area contributed by atoms with Crippen molar-refractivity contribution in [2.24, 2.45) is 0 Å². The highest BCUT2D eigenvalue weighted by atomic mass is 16.6. The molecule has 2 aromatic rings. The third-order valence-electron chi connectivity index (χ3n) is 6.58. The van der Waals surface area contributed by atoms with Gasteiger partial charge in [0.25, 0.3) is 11.2 Å². The summed E-state index contributed by atoms with van der Waals surface area (Å²) >= 11 is 0. The molecule has 0 spiro atoms. The first-order valence-electron chi connectivity index (χ1n) is 14.2. The Morgan fingerprint density at radius 3 is 2.21 bits per heavy atom. The standard InChI is InChI=1S/C32H46N2O5/c1-7-8-9-10-11-12-20-33-29-23-27(34(36)37)16-17-28(29)30(38-21-18-25(4)5)31(32(33)35)39-22-19-26(6)15-13-14-24(2)3/h14,16-19,23H,7-13,15,20-22H2,1-6H3/b26-19+. The first kappa shape index (κ1) is 31.9. The molecular formula is C32H46N2O5. The van der Waals surface area contributed by atoms with Gasteiger partial charge in [0.15, 0.2) is 5.75 Å². The predicted octanol–water partition coefficient (Wildman–Crippen LogP) is 8.69. The Balaban J connectivity index is 2.49. The van der Waals surface area contributed by atoms with E-state index in [1.165, 1.54) is 42.5 Å². The van der Waals surface area contributed by atoms with Crippen LogP contribution in [0.5, 0.6) is 11.5 Å². The van der Waals surface area contributed by atoms with Gasteiger partial charge in [0.2, 0.25) is 5.75 Å². The fourth-order valence-corrected chi connectivity index (χ4v) is 4.29. The molecule has 0 radical (unpaired) electrons. The monoisotopic (exact) mass is 538 g/mol. The van der Waals surface area contributed by atoms with E-state index in [1.807, 2.05) is 26.0 Å². The Kier molecular flexibility index (Phi) is 13.5. The number of ether oxygens (including phenoxy) is 2. The van der Waals surface area contributed by atoms with Gasteiger partial charge in [-0.15, -0.1) is 0 Å². The first-order valence-corrected chi connectivity index (χ1v) is 14.2. The SMILES string of the molecule is CCCCCCCCn1c(=O)c(OC/C=C(\C)CCC=C(C)C)c(OCC=C(C)C)c2ccc([N+](=O)[O-])cc21. The number of aryl methyl sites for hydroxylation is 1. The van der Waals surface area contributed by atoms with Gasteiger partial charge in [-0.25, -0.2) is 0 Å². The van der Waals surface area contributed by atoms with Crippen molar-refractivity contribution >= 4 is 16.6 Å². The van der Waals surface area contributed by atoms with Crippen molar-refractivity contribution in [3.63, 3.8) is 0 Å². The van der Waals surface area contributed by atoms with Crippen LogP contribution < -0.4 is 15.0 Å². The lowest BCUT2D eigenvalue weighted by molar-refractivity contribution is -0.384. The molecule has 1 aromatic carbocycles. The fourth-order valence-electron chi connectivity index (χ4n) is 4.29. The van der Waals surface area contributed by atoms with Crippen molar-refractivity contribution in [3.8, 4) is 11.5 Å². The lowest BCUT2D eigenvalue weighted by atomic mass is 10.1. The molecule has 0 bridgehead atoms. The van der Waals surface area contributed by atoms with Crippen LogP contribution in [0.1, 0.15) is 92.9 Å². The second kappa shape index (κ2) is 16.6. The van der Waals surface area contributed by atoms with Gasteiger partial charge < -0.3 is 14.0 Å². The van der Waals surface area contributed by atoms with Crippen LogP contribution in [0.2, 0.25) is 0 Å². The molecule has 0 saturated heterocycles. The molecule has 0 aliphatic carbocycles. The Morgan fingerprint density at radius 1 is 0.897 bits per heavy atom. The number of nitrogens with zero attached hydrogens (tertiary/aromatic N) is 2. The van der Waals surface area contributed by atoms with Gasteiger partial charge in [-0.3, -0.25) is 14.9 Å². The van der Waals surface area contributed by atoms with Gasteiger partial charge >= 0.3 is 0 Å². The summed E-state index contributed by atoms with van der Waals surface area (Å²) in [6.45, 7) is 13.3. The molecule has 7 heteroatoms. The number of unbranched alkanes of at least 4 members (excludes halogenated alkanes) is 5. The summed E-state index contributed by atoms with van der Waals surface area (Å²) in [4.78, 5) is 24.9. The summed E-state index contributed by atoms with van der Waals surface area (Å²) in [5.74, 6) is 0.482. The van der Waals surface area contributed by atoms with Crippen LogP contribution >= 0.6 is 0 Å². The number of fused-ring (bicyclic) bond motifs is 1. The van der Waals surface area contributed by atoms with Crippen LogP contribution in [-0.4, -0.2) is 22.7 Å². The number of nitro benzene ring substituents is 1. The number of pyridine rings is 1. The van der Waals surface area contributed by atoms with E-state index in [-0.39, 0.29) is 30.2 Å². The molecule has 39 heavy (non-hydrogen) atoms. The van der Waals surface area contributed by atoms with Crippen LogP contribution in [0.15, 0.2) is 57.9 Å². The van der Waals surface area contributed by atoms with E-state index in [4.69, 9.17) is 9.47 Å². The van der Waals surface area contributed by atoms with Gasteiger partial charge in [-0.05, 0) is 72.1 Å². The zero-order valence-electron chi connectivity index (χ0n) is 24.7. The minimum Gasteiger partial charge on any atom is -0.485 e. The Morgan fingerprint density at radius 2 is 1.54 bits per heavy atom. The second-order valence-corrected chi connectivity index (χ2v) is 10.6. The topological polar surface area (TPSA) is 83.6 Å². The van der Waals surface area contributed by atoms with E-state index < -0.39 is 4.92 Å². The molecule has 0 saturated carbocycles. The first-order chi connectivity index (χ1) is 18.6. The van der Waals surface area contributed by atoms with Crippen molar-refractivity contribution in [1.82, 2.24) is 4.57 Å². The summed E-state index contributed by atoms with van der Waals surface area (Å²) in [5, 5.41) is 12.2. The fraction of sp³-hybridized carbons (Fsp3) is 0.531. The molecule has 2 rings (SSSR count). The van der Waals surface area contributed by atoms with Crippen molar-refractivity contribution in [1.29, 1.82) is 0 Å². The molecule has 1 aromatic heterocycles. The Bertz CT molecular complexity index is 1250. The molecule has 214 valence electrons. The molecule has 1 heterocycles. The van der Waals surface area contributed by atoms with Gasteiger partial charge in [-0.1, -0.05) is 61.8 Å². The zero-order valence-corrected chi connectivity index (χ0v) is 24.7. The molecule has 7 nitrogen and oxygen atoms in total. The number of rotatable bonds is 17. The quantitative estimate of drug-likeness (QED) is 0.0870. The molecule has 0 aliphatic heterocycles. The number of aromatic nitrogens is 1. The maximum absolute atomic E-state index is 13.8. The average Bonchev–Trinajstić information content (AvgIpc) is 2.88. The third-order valence-corrected chi connectivity index (χ3v) is 6.58. The molecule has 0 N–H and O–H groups in total. The lowest BCUT2D eigenvalue weighted by Crippen LogP contribution is -2.24. The van der Waals surface area contributed by atoms with Crippen molar-refractivity contribution in [2.75, 3.05) is 13.2 Å². The highest BCUT2D eigenvalue weighted by Gasteiger charge is 2.21. The number of hydrogen-bond donors (Lipinski definition) is 0. The number of nitro groups is 1. The summed E-state index contributed by atoms with van der Waals surface area (Å²) in [6.07, 6.45) is 14.4. The highest BCUT2D eigenvalue weighted by Crippen LogP contribution is 2.35. The van der Waals surface area contributed by atoms with Crippen LogP contribution in [0, 0.1) is 10.1 Å². The zero-order chi connectivity index (χ0) is 28.8. The molecular weight excluding hydrogens is 492 g/mol. The van der Waals surface area contributed by atoms with Gasteiger partial charge in [0.05, 0.1) is 10.4 Å². The molecule has 0 atom stereocenters. The van der Waals surface area contributed by atoms with Crippen molar-refractivity contribution < 1.29 is 14.4 Å². The van der Waals surface area contributed by atoms with Crippen LogP contribution in [0.3, 0.4) is 0 Å².